The second-order valence-corrected chi connectivity index (χ2v) is 4.45. The number of Topliss-reactive ketones (excluding diaryl/α,β-unsaturated/α-hetero) is 1. The summed E-state index contributed by atoms with van der Waals surface area (Å²) in [7, 11) is 0. The largest absolute Gasteiger partial charge is 0.413 e. The van der Waals surface area contributed by atoms with Gasteiger partial charge in [-0.2, -0.15) is 13.2 Å². The Kier molecular flexibility index (Phi) is 3.14. The van der Waals surface area contributed by atoms with Crippen molar-refractivity contribution in [2.24, 2.45) is 5.73 Å². The van der Waals surface area contributed by atoms with Crippen LogP contribution in [0.5, 0.6) is 0 Å². The number of thiophene rings is 1. The molecule has 0 aromatic carbocycles. The van der Waals surface area contributed by atoms with E-state index < -0.39 is 17.5 Å². The van der Waals surface area contributed by atoms with Crippen LogP contribution in [0, 0.1) is 0 Å². The number of alkyl halides is 3. The van der Waals surface area contributed by atoms with E-state index in [2.05, 4.69) is 0 Å². The average molecular weight is 258 g/mol. The fraction of sp³-hybridized carbons (Fsp3) is 0.375. The Morgan fingerprint density at radius 2 is 2.07 bits per heavy atom. The normalized spacial score (nSPS) is 16.1. The summed E-state index contributed by atoms with van der Waals surface area (Å²) >= 11 is 6.40. The van der Waals surface area contributed by atoms with Crippen LogP contribution in [0.15, 0.2) is 11.4 Å². The van der Waals surface area contributed by atoms with E-state index in [1.165, 1.54) is 11.4 Å². The molecule has 0 fully saturated rings. The van der Waals surface area contributed by atoms with Gasteiger partial charge in [-0.15, -0.1) is 11.3 Å². The minimum atomic E-state index is -4.79. The van der Waals surface area contributed by atoms with Crippen LogP contribution in [-0.4, -0.2) is 17.5 Å². The number of rotatable bonds is 2. The van der Waals surface area contributed by atoms with Gasteiger partial charge in [0.25, 0.3) is 0 Å². The maximum atomic E-state index is 12.4. The first-order valence-corrected chi connectivity index (χ1v) is 5.07. The molecule has 2 N–H and O–H groups in total. The molecule has 1 atom stereocenters. The highest BCUT2D eigenvalue weighted by Gasteiger charge is 2.54. The number of carbonyl (C=O) groups excluding carboxylic acids is 1. The van der Waals surface area contributed by atoms with E-state index >= 15 is 0 Å². The topological polar surface area (TPSA) is 43.1 Å². The van der Waals surface area contributed by atoms with Gasteiger partial charge in [0.1, 0.15) is 0 Å². The van der Waals surface area contributed by atoms with Crippen molar-refractivity contribution >= 4 is 28.7 Å². The van der Waals surface area contributed by atoms with Crippen LogP contribution in [0.3, 0.4) is 0 Å². The van der Waals surface area contributed by atoms with Gasteiger partial charge < -0.3 is 5.73 Å². The lowest BCUT2D eigenvalue weighted by molar-refractivity contribution is -0.165. The second kappa shape index (κ2) is 3.77. The number of carbonyl (C=O) groups is 1. The molecule has 2 nitrogen and oxygen atoms in total. The summed E-state index contributed by atoms with van der Waals surface area (Å²) in [5, 5.41) is 1.42. The van der Waals surface area contributed by atoms with Gasteiger partial charge in [-0.3, -0.25) is 4.79 Å². The van der Waals surface area contributed by atoms with Gasteiger partial charge in [0.05, 0.1) is 9.90 Å². The van der Waals surface area contributed by atoms with Gasteiger partial charge >= 0.3 is 6.18 Å². The van der Waals surface area contributed by atoms with Crippen LogP contribution in [0.4, 0.5) is 13.2 Å². The highest BCUT2D eigenvalue weighted by molar-refractivity contribution is 7.12. The highest BCUT2D eigenvalue weighted by Crippen LogP contribution is 2.34. The van der Waals surface area contributed by atoms with Crippen molar-refractivity contribution < 1.29 is 18.0 Å². The Hall–Kier alpha value is -0.590. The molecule has 7 heteroatoms. The number of ketones is 1. The van der Waals surface area contributed by atoms with E-state index in [9.17, 15) is 18.0 Å². The summed E-state index contributed by atoms with van der Waals surface area (Å²) in [6, 6.07) is 1.35. The molecule has 0 spiro atoms. The first kappa shape index (κ1) is 12.5. The molecule has 15 heavy (non-hydrogen) atoms. The molecular formula is C8H7ClF3NOS. The SMILES string of the molecule is CC(N)(C(=O)c1sccc1Cl)C(F)(F)F. The van der Waals surface area contributed by atoms with Crippen LogP contribution in [0.2, 0.25) is 5.02 Å². The van der Waals surface area contributed by atoms with E-state index in [1.807, 2.05) is 0 Å². The highest BCUT2D eigenvalue weighted by atomic mass is 35.5. The van der Waals surface area contributed by atoms with Crippen LogP contribution in [0.1, 0.15) is 16.6 Å². The molecular weight excluding hydrogens is 251 g/mol. The molecule has 0 radical (unpaired) electrons. The molecule has 0 saturated heterocycles. The summed E-state index contributed by atoms with van der Waals surface area (Å²) < 4.78 is 37.3. The monoisotopic (exact) mass is 257 g/mol. The van der Waals surface area contributed by atoms with Gasteiger partial charge in [-0.05, 0) is 18.4 Å². The van der Waals surface area contributed by atoms with Gasteiger partial charge in [0, 0.05) is 0 Å². The predicted octanol–water partition coefficient (Wildman–Crippen LogP) is 2.86. The quantitative estimate of drug-likeness (QED) is 0.828. The zero-order valence-electron chi connectivity index (χ0n) is 7.56. The number of hydrogen-bond donors (Lipinski definition) is 1. The molecule has 0 aliphatic carbocycles. The lowest BCUT2D eigenvalue weighted by atomic mass is 9.96. The first-order valence-electron chi connectivity index (χ1n) is 3.81. The standard InChI is InChI=1S/C8H7ClF3NOS/c1-7(13,8(10,11)12)6(14)5-4(9)2-3-15-5/h2-3H,13H2,1H3. The number of nitrogens with two attached hydrogens (primary N) is 1. The van der Waals surface area contributed by atoms with E-state index in [0.717, 1.165) is 11.3 Å². The lowest BCUT2D eigenvalue weighted by Gasteiger charge is -2.25. The maximum Gasteiger partial charge on any atom is 0.413 e. The fourth-order valence-corrected chi connectivity index (χ4v) is 2.02. The fourth-order valence-electron chi connectivity index (χ4n) is 0.820. The average Bonchev–Trinajstić information content (AvgIpc) is 2.48. The van der Waals surface area contributed by atoms with Crippen molar-refractivity contribution in [2.75, 3.05) is 0 Å². The molecule has 0 aliphatic rings. The Morgan fingerprint density at radius 1 is 1.53 bits per heavy atom. The maximum absolute atomic E-state index is 12.4. The molecule has 0 saturated carbocycles. The van der Waals surface area contributed by atoms with Crippen molar-refractivity contribution in [2.45, 2.75) is 18.6 Å². The van der Waals surface area contributed by atoms with Crippen LogP contribution in [-0.2, 0) is 0 Å². The zero-order valence-corrected chi connectivity index (χ0v) is 9.13. The van der Waals surface area contributed by atoms with E-state index in [-0.39, 0.29) is 9.90 Å². The van der Waals surface area contributed by atoms with E-state index in [1.54, 1.807) is 0 Å². The van der Waals surface area contributed by atoms with Crippen molar-refractivity contribution in [3.05, 3.63) is 21.3 Å². The Bertz CT molecular complexity index is 385. The van der Waals surface area contributed by atoms with Crippen molar-refractivity contribution in [1.29, 1.82) is 0 Å². The molecule has 0 aliphatic heterocycles. The summed E-state index contributed by atoms with van der Waals surface area (Å²) in [6.45, 7) is 0.630. The third-order valence-electron chi connectivity index (χ3n) is 1.88. The first-order chi connectivity index (χ1) is 6.68. The van der Waals surface area contributed by atoms with Crippen molar-refractivity contribution in [1.82, 2.24) is 0 Å². The van der Waals surface area contributed by atoms with Gasteiger partial charge in [-0.25, -0.2) is 0 Å². The van der Waals surface area contributed by atoms with E-state index in [4.69, 9.17) is 17.3 Å². The van der Waals surface area contributed by atoms with Gasteiger partial charge in [0.2, 0.25) is 5.78 Å². The number of hydrogen-bond acceptors (Lipinski definition) is 3. The van der Waals surface area contributed by atoms with Crippen LogP contribution >= 0.6 is 22.9 Å². The molecule has 0 amide bonds. The summed E-state index contributed by atoms with van der Waals surface area (Å²) in [6.07, 6.45) is -4.79. The Labute approximate surface area is 92.8 Å². The molecule has 0 bridgehead atoms. The second-order valence-electron chi connectivity index (χ2n) is 3.13. The van der Waals surface area contributed by atoms with Crippen LogP contribution in [0.25, 0.3) is 0 Å². The van der Waals surface area contributed by atoms with Gasteiger partial charge in [0.15, 0.2) is 5.54 Å². The molecule has 84 valence electrons. The molecule has 1 unspecified atom stereocenters. The smallest absolute Gasteiger partial charge is 0.311 e. The minimum Gasteiger partial charge on any atom is -0.311 e. The summed E-state index contributed by atoms with van der Waals surface area (Å²) in [5.41, 5.74) is 2.07. The third kappa shape index (κ3) is 2.16. The summed E-state index contributed by atoms with van der Waals surface area (Å²) in [5.74, 6) is -1.21. The molecule has 1 heterocycles. The van der Waals surface area contributed by atoms with Crippen molar-refractivity contribution in [3.8, 4) is 0 Å². The zero-order chi connectivity index (χ0) is 11.9. The van der Waals surface area contributed by atoms with Crippen LogP contribution < -0.4 is 5.73 Å². The number of halogens is 4. The molecule has 1 rings (SSSR count). The third-order valence-corrected chi connectivity index (χ3v) is 3.22. The molecule has 1 aromatic heterocycles. The lowest BCUT2D eigenvalue weighted by Crippen LogP contribution is -2.56. The minimum absolute atomic E-state index is 0.00840. The van der Waals surface area contributed by atoms with E-state index in [0.29, 0.717) is 6.92 Å². The molecule has 1 aromatic rings. The predicted molar refractivity (Wildman–Crippen MR) is 52.3 cm³/mol. The Morgan fingerprint density at radius 3 is 2.40 bits per heavy atom. The Balaban J connectivity index is 3.11. The van der Waals surface area contributed by atoms with Gasteiger partial charge in [-0.1, -0.05) is 11.6 Å². The van der Waals surface area contributed by atoms with Crippen molar-refractivity contribution in [3.63, 3.8) is 0 Å². The summed E-state index contributed by atoms with van der Waals surface area (Å²) in [4.78, 5) is 11.3.